The first-order valence-electron chi connectivity index (χ1n) is 13.0. The van der Waals surface area contributed by atoms with Crippen LogP contribution in [0.5, 0.6) is 0 Å². The molecule has 2 heterocycles. The average molecular weight is 672 g/mol. The summed E-state index contributed by atoms with van der Waals surface area (Å²) in [4.78, 5) is 43.4. The van der Waals surface area contributed by atoms with Crippen molar-refractivity contribution >= 4 is 66.9 Å². The highest BCUT2D eigenvalue weighted by atomic mass is 79.9. The van der Waals surface area contributed by atoms with Gasteiger partial charge in [-0.15, -0.1) is 0 Å². The van der Waals surface area contributed by atoms with Gasteiger partial charge >= 0.3 is 0 Å². The molecule has 3 fully saturated rings. The molecule has 2 aromatic carbocycles. The zero-order valence-corrected chi connectivity index (χ0v) is 25.8. The van der Waals surface area contributed by atoms with Crippen LogP contribution in [0.4, 0.5) is 0 Å². The van der Waals surface area contributed by atoms with Crippen molar-refractivity contribution in [1.82, 2.24) is 19.4 Å². The molecule has 0 spiro atoms. The molecule has 3 atom stereocenters. The monoisotopic (exact) mass is 670 g/mol. The fourth-order valence-corrected chi connectivity index (χ4v) is 7.87. The van der Waals surface area contributed by atoms with Crippen molar-refractivity contribution in [2.45, 2.75) is 62.3 Å². The van der Waals surface area contributed by atoms with Crippen LogP contribution >= 0.6 is 39.1 Å². The van der Waals surface area contributed by atoms with Crippen LogP contribution in [0.2, 0.25) is 10.0 Å². The van der Waals surface area contributed by atoms with Crippen LogP contribution in [0.15, 0.2) is 51.8 Å². The zero-order valence-electron chi connectivity index (χ0n) is 21.9. The Balaban J connectivity index is 1.60. The van der Waals surface area contributed by atoms with Gasteiger partial charge in [0.25, 0.3) is 0 Å². The molecule has 3 unspecified atom stereocenters. The molecule has 214 valence electrons. The predicted octanol–water partition coefficient (Wildman–Crippen LogP) is 3.67. The van der Waals surface area contributed by atoms with E-state index in [1.165, 1.54) is 27.4 Å². The summed E-state index contributed by atoms with van der Waals surface area (Å²) in [6, 6.07) is 9.11. The van der Waals surface area contributed by atoms with E-state index in [0.717, 1.165) is 22.9 Å². The van der Waals surface area contributed by atoms with Crippen molar-refractivity contribution in [3.05, 3.63) is 62.5 Å². The van der Waals surface area contributed by atoms with Crippen molar-refractivity contribution < 1.29 is 22.8 Å². The molecule has 13 heteroatoms. The number of carbonyl (C=O) groups excluding carboxylic acids is 3. The van der Waals surface area contributed by atoms with Crippen molar-refractivity contribution in [2.75, 3.05) is 13.1 Å². The minimum atomic E-state index is -4.29. The van der Waals surface area contributed by atoms with Crippen LogP contribution in [-0.4, -0.2) is 77.6 Å². The van der Waals surface area contributed by atoms with Crippen LogP contribution in [0.3, 0.4) is 0 Å². The van der Waals surface area contributed by atoms with Crippen LogP contribution in [0, 0.1) is 5.92 Å². The summed E-state index contributed by atoms with van der Waals surface area (Å²) >= 11 is 15.8. The Bertz CT molecular complexity index is 1450. The Labute approximate surface area is 251 Å². The van der Waals surface area contributed by atoms with E-state index in [4.69, 9.17) is 23.2 Å². The third-order valence-corrected chi connectivity index (χ3v) is 10.7. The number of amides is 3. The van der Waals surface area contributed by atoms with Gasteiger partial charge in [0.2, 0.25) is 27.7 Å². The maximum absolute atomic E-state index is 14.2. The van der Waals surface area contributed by atoms with Crippen LogP contribution in [-0.2, 0) is 30.8 Å². The van der Waals surface area contributed by atoms with Crippen LogP contribution in [0.25, 0.3) is 0 Å². The van der Waals surface area contributed by atoms with E-state index >= 15 is 0 Å². The second kappa shape index (κ2) is 11.2. The summed E-state index contributed by atoms with van der Waals surface area (Å²) in [5, 5.41) is 2.97. The topological polar surface area (TPSA) is 107 Å². The molecule has 0 bridgehead atoms. The molecule has 3 aliphatic rings. The van der Waals surface area contributed by atoms with Crippen molar-refractivity contribution in [3.8, 4) is 0 Å². The minimum absolute atomic E-state index is 0.0210. The Kier molecular flexibility index (Phi) is 8.24. The molecule has 2 aromatic rings. The molecule has 0 aromatic heterocycles. The molecule has 1 saturated carbocycles. The maximum Gasteiger partial charge on any atom is 0.248 e. The first kappa shape index (κ1) is 29.3. The number of hydrogen-bond acceptors (Lipinski definition) is 5. The molecule has 2 aliphatic heterocycles. The number of nitrogens with zero attached hydrogens (tertiary/aromatic N) is 3. The van der Waals surface area contributed by atoms with Crippen LogP contribution < -0.4 is 5.32 Å². The highest BCUT2D eigenvalue weighted by Crippen LogP contribution is 2.36. The first-order valence-corrected chi connectivity index (χ1v) is 16.0. The lowest BCUT2D eigenvalue weighted by Crippen LogP contribution is -2.76. The van der Waals surface area contributed by atoms with E-state index in [9.17, 15) is 22.8 Å². The molecular weight excluding hydrogens is 643 g/mol. The molecule has 2 saturated heterocycles. The second-order valence-electron chi connectivity index (χ2n) is 10.6. The normalized spacial score (nSPS) is 23.9. The summed E-state index contributed by atoms with van der Waals surface area (Å²) < 4.78 is 30.4. The van der Waals surface area contributed by atoms with Gasteiger partial charge in [-0.3, -0.25) is 14.4 Å². The van der Waals surface area contributed by atoms with Gasteiger partial charge in [0.1, 0.15) is 23.1 Å². The van der Waals surface area contributed by atoms with E-state index in [0.29, 0.717) is 0 Å². The number of hydrogen-bond donors (Lipinski definition) is 1. The Morgan fingerprint density at radius 1 is 1.05 bits per heavy atom. The van der Waals surface area contributed by atoms with E-state index in [1.807, 2.05) is 38.1 Å². The fraction of sp³-hybridized carbons (Fsp3) is 0.444. The molecule has 5 rings (SSSR count). The van der Waals surface area contributed by atoms with Crippen molar-refractivity contribution in [3.63, 3.8) is 0 Å². The number of benzene rings is 2. The number of sulfonamides is 1. The van der Waals surface area contributed by atoms with Gasteiger partial charge in [0.05, 0.1) is 11.6 Å². The average Bonchev–Trinajstić information content (AvgIpc) is 3.73. The standard InChI is InChI=1S/C27H29BrCl2N4O5S/c1-15(2)32-14-24-33(40(38,39)23-10-9-19(29)12-20(23)30)13-21(31-25(35)17-5-6-17)26(36)34(24)22(27(32)37)11-16-3-7-18(28)8-4-16/h3-4,7-10,12,15,17,21-22,24H,5-6,11,13-14H2,1-2H3,(H,31,35). The predicted molar refractivity (Wildman–Crippen MR) is 154 cm³/mol. The van der Waals surface area contributed by atoms with E-state index in [-0.39, 0.29) is 58.2 Å². The van der Waals surface area contributed by atoms with Gasteiger partial charge in [-0.25, -0.2) is 8.42 Å². The van der Waals surface area contributed by atoms with Gasteiger partial charge in [-0.05, 0) is 62.6 Å². The molecule has 0 radical (unpaired) electrons. The highest BCUT2D eigenvalue weighted by Gasteiger charge is 2.54. The number of nitrogens with one attached hydrogen (secondary N) is 1. The van der Waals surface area contributed by atoms with Gasteiger partial charge < -0.3 is 15.1 Å². The highest BCUT2D eigenvalue weighted by molar-refractivity contribution is 9.10. The van der Waals surface area contributed by atoms with E-state index < -0.39 is 34.2 Å². The Hall–Kier alpha value is -2.18. The summed E-state index contributed by atoms with van der Waals surface area (Å²) in [6.07, 6.45) is 0.612. The lowest BCUT2D eigenvalue weighted by atomic mass is 9.96. The third kappa shape index (κ3) is 5.63. The van der Waals surface area contributed by atoms with Crippen LogP contribution in [0.1, 0.15) is 32.3 Å². The number of halogens is 3. The smallest absolute Gasteiger partial charge is 0.248 e. The summed E-state index contributed by atoms with van der Waals surface area (Å²) in [5.41, 5.74) is 0.804. The molecule has 3 amide bonds. The van der Waals surface area contributed by atoms with Gasteiger partial charge in [-0.1, -0.05) is 51.3 Å². The number of carbonyl (C=O) groups is 3. The van der Waals surface area contributed by atoms with Crippen molar-refractivity contribution in [2.24, 2.45) is 5.92 Å². The van der Waals surface area contributed by atoms with Gasteiger partial charge in [-0.2, -0.15) is 4.31 Å². The third-order valence-electron chi connectivity index (χ3n) is 7.54. The summed E-state index contributed by atoms with van der Waals surface area (Å²) in [7, 11) is -4.29. The molecule has 9 nitrogen and oxygen atoms in total. The SMILES string of the molecule is CC(C)N1CC2N(C(=O)C(NC(=O)C3CC3)CN2S(=O)(=O)c2ccc(Cl)cc2Cl)C(Cc2ccc(Br)cc2)C1=O. The Morgan fingerprint density at radius 3 is 2.33 bits per heavy atom. The first-order chi connectivity index (χ1) is 18.9. The molecule has 1 aliphatic carbocycles. The van der Waals surface area contributed by atoms with Gasteiger partial charge in [0.15, 0.2) is 0 Å². The van der Waals surface area contributed by atoms with Gasteiger partial charge in [0, 0.05) is 34.4 Å². The largest absolute Gasteiger partial charge is 0.343 e. The number of fused-ring (bicyclic) bond motifs is 1. The molecule has 1 N–H and O–H groups in total. The van der Waals surface area contributed by atoms with E-state index in [1.54, 1.807) is 4.90 Å². The Morgan fingerprint density at radius 2 is 1.73 bits per heavy atom. The fourth-order valence-electron chi connectivity index (χ4n) is 5.27. The molecule has 40 heavy (non-hydrogen) atoms. The maximum atomic E-state index is 14.2. The zero-order chi connectivity index (χ0) is 28.9. The summed E-state index contributed by atoms with van der Waals surface area (Å²) in [6.45, 7) is 3.39. The second-order valence-corrected chi connectivity index (χ2v) is 14.3. The molecular formula is C27H29BrCl2N4O5S. The quantitative estimate of drug-likeness (QED) is 0.484. The summed E-state index contributed by atoms with van der Waals surface area (Å²) in [5.74, 6) is -1.25. The lowest BCUT2D eigenvalue weighted by molar-refractivity contribution is -0.169. The van der Waals surface area contributed by atoms with E-state index in [2.05, 4.69) is 21.2 Å². The lowest BCUT2D eigenvalue weighted by Gasteiger charge is -2.54. The number of rotatable bonds is 7. The van der Waals surface area contributed by atoms with Crippen molar-refractivity contribution in [1.29, 1.82) is 0 Å². The minimum Gasteiger partial charge on any atom is -0.343 e. The number of piperazine rings is 1.